The summed E-state index contributed by atoms with van der Waals surface area (Å²) in [5.74, 6) is 3.09. The van der Waals surface area contributed by atoms with Crippen molar-refractivity contribution in [2.24, 2.45) is 56.2 Å². The van der Waals surface area contributed by atoms with Crippen molar-refractivity contribution in [2.75, 3.05) is 0 Å². The molecule has 0 amide bonds. The number of allylic oxidation sites excluding steroid dienone is 2. The number of hydrogen-bond donors (Lipinski definition) is 0. The third-order valence-corrected chi connectivity index (χ3v) is 13.1. The van der Waals surface area contributed by atoms with E-state index in [1.165, 1.54) is 25.7 Å². The van der Waals surface area contributed by atoms with Crippen molar-refractivity contribution < 1.29 is 9.59 Å². The van der Waals surface area contributed by atoms with Gasteiger partial charge in [-0.25, -0.2) is 4.79 Å². The fourth-order valence-electron chi connectivity index (χ4n) is 10.6. The number of hydrogen-bond acceptors (Lipinski definition) is 3. The number of fused-ring (bicyclic) bond motifs is 7. The number of carbonyl (C=O) groups excluding carboxylic acids is 2. The standard InChI is InChI=1S/C30H45NO2/c1-19-10-13-26(3)16-17-28(5)21(25(26)20(19)2)8-9-22-27(4)14-12-24(33)30(7,31-18-32)23(27)11-15-29(22,28)6/h8,19-20,22-23,25H,9-17H2,1-7H3/t19-,20+,22-,23?,25+,26-,27-,28-,29-,30?/m1/s1. The number of ketones is 1. The van der Waals surface area contributed by atoms with E-state index in [1.54, 1.807) is 11.7 Å². The van der Waals surface area contributed by atoms with Crippen LogP contribution in [0.15, 0.2) is 16.6 Å². The number of carbonyl (C=O) groups is 1. The van der Waals surface area contributed by atoms with Crippen LogP contribution in [0.3, 0.4) is 0 Å². The van der Waals surface area contributed by atoms with Gasteiger partial charge in [0.25, 0.3) is 0 Å². The summed E-state index contributed by atoms with van der Waals surface area (Å²) >= 11 is 0. The lowest BCUT2D eigenvalue weighted by Crippen LogP contribution is -2.65. The van der Waals surface area contributed by atoms with Crippen molar-refractivity contribution in [1.29, 1.82) is 0 Å². The number of nitrogens with zero attached hydrogens (tertiary/aromatic N) is 1. The maximum Gasteiger partial charge on any atom is 0.235 e. The van der Waals surface area contributed by atoms with Gasteiger partial charge >= 0.3 is 0 Å². The summed E-state index contributed by atoms with van der Waals surface area (Å²) in [7, 11) is 0. The number of isocyanates is 1. The average molecular weight is 452 g/mol. The molecule has 4 saturated carbocycles. The monoisotopic (exact) mass is 451 g/mol. The third kappa shape index (κ3) is 2.78. The molecule has 0 bridgehead atoms. The number of Topliss-reactive ketones (excluding diaryl/α,β-unsaturated/α-hetero) is 1. The maximum absolute atomic E-state index is 13.0. The molecule has 0 heterocycles. The van der Waals surface area contributed by atoms with Crippen LogP contribution in [0, 0.1) is 51.2 Å². The quantitative estimate of drug-likeness (QED) is 0.238. The van der Waals surface area contributed by atoms with Crippen LogP contribution in [0.1, 0.15) is 106 Å². The summed E-state index contributed by atoms with van der Waals surface area (Å²) in [4.78, 5) is 28.6. The van der Waals surface area contributed by atoms with E-state index in [2.05, 4.69) is 52.6 Å². The van der Waals surface area contributed by atoms with E-state index in [0.29, 0.717) is 23.7 Å². The molecule has 5 aliphatic carbocycles. The van der Waals surface area contributed by atoms with Crippen molar-refractivity contribution in [3.05, 3.63) is 11.6 Å². The Morgan fingerprint density at radius 2 is 1.67 bits per heavy atom. The Labute approximate surface area is 201 Å². The molecule has 0 aromatic rings. The Hall–Kier alpha value is -1.21. The first-order valence-electron chi connectivity index (χ1n) is 13.7. The molecule has 4 fully saturated rings. The summed E-state index contributed by atoms with van der Waals surface area (Å²) < 4.78 is 0. The van der Waals surface area contributed by atoms with Gasteiger partial charge in [0.1, 0.15) is 5.54 Å². The Morgan fingerprint density at radius 1 is 0.939 bits per heavy atom. The zero-order valence-corrected chi connectivity index (χ0v) is 22.1. The molecular weight excluding hydrogens is 406 g/mol. The SMILES string of the molecule is C[C@H]1[C@H](C)CC[C@]2(C)CC[C@]3(C)C(=CC[C@@H]4[C@@]5(C)CCC(=O)C(C)(N=C=O)C5CC[C@]43C)[C@H]12. The van der Waals surface area contributed by atoms with E-state index in [4.69, 9.17) is 0 Å². The largest absolute Gasteiger partial charge is 0.297 e. The Kier molecular flexibility index (Phi) is 5.10. The van der Waals surface area contributed by atoms with Crippen molar-refractivity contribution in [3.63, 3.8) is 0 Å². The fourth-order valence-corrected chi connectivity index (χ4v) is 10.6. The first-order valence-corrected chi connectivity index (χ1v) is 13.7. The number of aliphatic imine (C=N–C) groups is 1. The van der Waals surface area contributed by atoms with Gasteiger partial charge in [-0.1, -0.05) is 53.2 Å². The van der Waals surface area contributed by atoms with Crippen LogP contribution in [-0.4, -0.2) is 17.4 Å². The first kappa shape index (κ1) is 23.5. The van der Waals surface area contributed by atoms with Gasteiger partial charge < -0.3 is 0 Å². The fraction of sp³-hybridized carbons (Fsp3) is 0.867. The van der Waals surface area contributed by atoms with Crippen LogP contribution in [-0.2, 0) is 9.59 Å². The minimum atomic E-state index is -0.889. The highest BCUT2D eigenvalue weighted by atomic mass is 16.1. The summed E-state index contributed by atoms with van der Waals surface area (Å²) in [6.07, 6.45) is 14.6. The normalized spacial score (nSPS) is 55.8. The molecule has 0 aliphatic heterocycles. The van der Waals surface area contributed by atoms with Gasteiger partial charge in [-0.15, -0.1) is 0 Å². The molecule has 2 unspecified atom stereocenters. The minimum absolute atomic E-state index is 0.0350. The minimum Gasteiger partial charge on any atom is -0.297 e. The van der Waals surface area contributed by atoms with Crippen LogP contribution < -0.4 is 0 Å². The van der Waals surface area contributed by atoms with Gasteiger partial charge in [0.2, 0.25) is 6.08 Å². The highest BCUT2D eigenvalue weighted by Crippen LogP contribution is 2.75. The molecule has 0 radical (unpaired) electrons. The van der Waals surface area contributed by atoms with Crippen LogP contribution in [0.4, 0.5) is 0 Å². The molecule has 0 saturated heterocycles. The summed E-state index contributed by atoms with van der Waals surface area (Å²) in [6.45, 7) is 17.2. The molecular formula is C30H45NO2. The van der Waals surface area contributed by atoms with Gasteiger partial charge in [-0.05, 0) is 110 Å². The third-order valence-electron chi connectivity index (χ3n) is 13.1. The van der Waals surface area contributed by atoms with Crippen molar-refractivity contribution in [1.82, 2.24) is 0 Å². The van der Waals surface area contributed by atoms with E-state index >= 15 is 0 Å². The highest BCUT2D eigenvalue weighted by Gasteiger charge is 2.68. The van der Waals surface area contributed by atoms with Crippen LogP contribution in [0.5, 0.6) is 0 Å². The second kappa shape index (κ2) is 7.16. The molecule has 10 atom stereocenters. The molecule has 5 aliphatic rings. The van der Waals surface area contributed by atoms with E-state index < -0.39 is 5.54 Å². The molecule has 3 heteroatoms. The topological polar surface area (TPSA) is 46.5 Å². The second-order valence-electron chi connectivity index (χ2n) is 14.1. The molecule has 0 N–H and O–H groups in total. The van der Waals surface area contributed by atoms with Gasteiger partial charge in [0, 0.05) is 6.42 Å². The van der Waals surface area contributed by atoms with Crippen molar-refractivity contribution in [2.45, 2.75) is 112 Å². The molecule has 33 heavy (non-hydrogen) atoms. The lowest BCUT2D eigenvalue weighted by Gasteiger charge is -2.70. The molecule has 5 rings (SSSR count). The van der Waals surface area contributed by atoms with Gasteiger partial charge in [-0.3, -0.25) is 4.79 Å². The maximum atomic E-state index is 13.0. The summed E-state index contributed by atoms with van der Waals surface area (Å²) in [6, 6.07) is 0. The summed E-state index contributed by atoms with van der Waals surface area (Å²) in [5.41, 5.74) is 1.85. The Balaban J connectivity index is 1.60. The van der Waals surface area contributed by atoms with Gasteiger partial charge in [-0.2, -0.15) is 4.99 Å². The van der Waals surface area contributed by atoms with Crippen molar-refractivity contribution >= 4 is 11.9 Å². The van der Waals surface area contributed by atoms with Crippen LogP contribution in [0.2, 0.25) is 0 Å². The predicted molar refractivity (Wildman–Crippen MR) is 132 cm³/mol. The highest BCUT2D eigenvalue weighted by molar-refractivity contribution is 5.90. The van der Waals surface area contributed by atoms with E-state index in [9.17, 15) is 9.59 Å². The van der Waals surface area contributed by atoms with E-state index in [1.807, 2.05) is 6.92 Å². The molecule has 0 spiro atoms. The molecule has 0 aromatic carbocycles. The van der Waals surface area contributed by atoms with E-state index in [-0.39, 0.29) is 27.9 Å². The molecule has 182 valence electrons. The van der Waals surface area contributed by atoms with Gasteiger partial charge in [0.15, 0.2) is 5.78 Å². The number of rotatable bonds is 1. The van der Waals surface area contributed by atoms with Gasteiger partial charge in [0.05, 0.1) is 0 Å². The van der Waals surface area contributed by atoms with Crippen molar-refractivity contribution in [3.8, 4) is 0 Å². The average Bonchev–Trinajstić information content (AvgIpc) is 2.75. The summed E-state index contributed by atoms with van der Waals surface area (Å²) in [5, 5.41) is 0. The second-order valence-corrected chi connectivity index (χ2v) is 14.1. The zero-order chi connectivity index (χ0) is 24.0. The molecule has 3 nitrogen and oxygen atoms in total. The lowest BCUT2D eigenvalue weighted by atomic mass is 9.34. The Bertz CT molecular complexity index is 947. The zero-order valence-electron chi connectivity index (χ0n) is 22.1. The predicted octanol–water partition coefficient (Wildman–Crippen LogP) is 7.30. The smallest absolute Gasteiger partial charge is 0.235 e. The lowest BCUT2D eigenvalue weighted by molar-refractivity contribution is -0.174. The van der Waals surface area contributed by atoms with Crippen LogP contribution in [0.25, 0.3) is 0 Å². The molecule has 0 aromatic heterocycles. The van der Waals surface area contributed by atoms with E-state index in [0.717, 1.165) is 37.5 Å². The van der Waals surface area contributed by atoms with Crippen LogP contribution >= 0.6 is 0 Å². The first-order chi connectivity index (χ1) is 15.4. The Morgan fingerprint density at radius 3 is 2.36 bits per heavy atom.